The number of carbonyl (C=O) groups excluding carboxylic acids is 2. The zero-order valence-electron chi connectivity index (χ0n) is 18.7. The molecule has 1 aromatic rings. The molecule has 1 amide bonds. The molecule has 2 fully saturated rings. The van der Waals surface area contributed by atoms with Gasteiger partial charge >= 0.3 is 12.1 Å². The minimum Gasteiger partial charge on any atom is -0.465 e. The molecule has 1 aromatic carbocycles. The van der Waals surface area contributed by atoms with Gasteiger partial charge in [0.1, 0.15) is 17.0 Å². The van der Waals surface area contributed by atoms with E-state index in [4.69, 9.17) is 14.2 Å². The van der Waals surface area contributed by atoms with E-state index in [1.807, 2.05) is 20.8 Å². The maximum absolute atomic E-state index is 14.8. The number of amides is 1. The zero-order chi connectivity index (χ0) is 22.4. The number of halogens is 1. The normalized spacial score (nSPS) is 23.1. The summed E-state index contributed by atoms with van der Waals surface area (Å²) < 4.78 is 31.0. The van der Waals surface area contributed by atoms with Crippen LogP contribution >= 0.6 is 0 Å². The Bertz CT molecular complexity index is 875. The van der Waals surface area contributed by atoms with Crippen molar-refractivity contribution >= 4 is 12.1 Å². The van der Waals surface area contributed by atoms with E-state index in [-0.39, 0.29) is 29.1 Å². The lowest BCUT2D eigenvalue weighted by Crippen LogP contribution is -2.68. The van der Waals surface area contributed by atoms with Gasteiger partial charge in [0.05, 0.1) is 25.8 Å². The predicted molar refractivity (Wildman–Crippen MR) is 111 cm³/mol. The molecule has 0 aromatic heterocycles. The Kier molecular flexibility index (Phi) is 5.72. The lowest BCUT2D eigenvalue weighted by Gasteiger charge is -2.54. The third-order valence-corrected chi connectivity index (χ3v) is 6.33. The first-order valence-corrected chi connectivity index (χ1v) is 10.8. The summed E-state index contributed by atoms with van der Waals surface area (Å²) in [6.07, 6.45) is 2.07. The highest BCUT2D eigenvalue weighted by molar-refractivity contribution is 5.89. The molecule has 1 atom stereocenters. The van der Waals surface area contributed by atoms with Crippen LogP contribution in [0.1, 0.15) is 55.1 Å². The van der Waals surface area contributed by atoms with Crippen LogP contribution in [0.5, 0.6) is 0 Å². The van der Waals surface area contributed by atoms with Gasteiger partial charge < -0.3 is 19.1 Å². The van der Waals surface area contributed by atoms with Crippen LogP contribution in [0.3, 0.4) is 0 Å². The van der Waals surface area contributed by atoms with Crippen molar-refractivity contribution < 1.29 is 28.2 Å². The molecule has 170 valence electrons. The molecule has 3 aliphatic rings. The molecule has 0 radical (unpaired) electrons. The Hall–Kier alpha value is -2.19. The van der Waals surface area contributed by atoms with Gasteiger partial charge in [-0.1, -0.05) is 0 Å². The zero-order valence-corrected chi connectivity index (χ0v) is 18.7. The lowest BCUT2D eigenvalue weighted by atomic mass is 9.82. The van der Waals surface area contributed by atoms with Gasteiger partial charge in [-0.15, -0.1) is 0 Å². The highest BCUT2D eigenvalue weighted by Crippen LogP contribution is 2.38. The molecule has 7 nitrogen and oxygen atoms in total. The van der Waals surface area contributed by atoms with Gasteiger partial charge in [0.15, 0.2) is 0 Å². The highest BCUT2D eigenvalue weighted by Gasteiger charge is 2.51. The van der Waals surface area contributed by atoms with Gasteiger partial charge in [-0.3, -0.25) is 4.90 Å². The van der Waals surface area contributed by atoms with E-state index in [2.05, 4.69) is 4.90 Å². The number of hydrogen-bond donors (Lipinski definition) is 0. The number of ether oxygens (including phenoxy) is 3. The van der Waals surface area contributed by atoms with Crippen LogP contribution in [0.4, 0.5) is 9.18 Å². The van der Waals surface area contributed by atoms with Crippen LogP contribution in [-0.2, 0) is 27.2 Å². The van der Waals surface area contributed by atoms with Gasteiger partial charge in [0.2, 0.25) is 0 Å². The number of carbonyl (C=O) groups is 2. The first-order valence-electron chi connectivity index (χ1n) is 10.8. The number of nitrogens with zero attached hydrogens (tertiary/aromatic N) is 2. The fourth-order valence-corrected chi connectivity index (χ4v) is 4.83. The molecule has 2 saturated heterocycles. The van der Waals surface area contributed by atoms with E-state index in [0.717, 1.165) is 24.9 Å². The average Bonchev–Trinajstić information content (AvgIpc) is 2.69. The van der Waals surface area contributed by atoms with Crippen molar-refractivity contribution in [3.8, 4) is 0 Å². The van der Waals surface area contributed by atoms with Gasteiger partial charge in [-0.05, 0) is 57.7 Å². The summed E-state index contributed by atoms with van der Waals surface area (Å²) in [5, 5.41) is 0. The number of hydrogen-bond acceptors (Lipinski definition) is 6. The molecular weight excluding hydrogens is 403 g/mol. The smallest absolute Gasteiger partial charge is 0.410 e. The molecule has 8 heteroatoms. The Morgan fingerprint density at radius 2 is 2.00 bits per heavy atom. The minimum absolute atomic E-state index is 0.258. The van der Waals surface area contributed by atoms with Gasteiger partial charge in [-0.2, -0.15) is 0 Å². The first-order chi connectivity index (χ1) is 14.6. The third-order valence-electron chi connectivity index (χ3n) is 6.33. The number of likely N-dealkylation sites (tertiary alicyclic amines) is 1. The van der Waals surface area contributed by atoms with Crippen molar-refractivity contribution in [2.24, 2.45) is 0 Å². The fourth-order valence-electron chi connectivity index (χ4n) is 4.83. The van der Waals surface area contributed by atoms with Crippen molar-refractivity contribution in [3.63, 3.8) is 0 Å². The monoisotopic (exact) mass is 434 g/mol. The Morgan fingerprint density at radius 3 is 2.68 bits per heavy atom. The Balaban J connectivity index is 1.40. The number of methoxy groups -OCH3 is 1. The van der Waals surface area contributed by atoms with Crippen molar-refractivity contribution in [1.82, 2.24) is 9.80 Å². The largest absolute Gasteiger partial charge is 0.465 e. The molecule has 1 spiro atoms. The molecule has 0 N–H and O–H groups in total. The number of fused-ring (bicyclic) bond motifs is 1. The topological polar surface area (TPSA) is 68.3 Å². The van der Waals surface area contributed by atoms with E-state index in [1.165, 1.54) is 13.2 Å². The summed E-state index contributed by atoms with van der Waals surface area (Å²) in [5.41, 5.74) is 0.929. The summed E-state index contributed by atoms with van der Waals surface area (Å²) in [5.74, 6) is -0.876. The number of benzene rings is 1. The fraction of sp³-hybridized carbons (Fsp3) is 0.652. The third kappa shape index (κ3) is 4.55. The maximum atomic E-state index is 14.8. The van der Waals surface area contributed by atoms with Crippen LogP contribution in [0.2, 0.25) is 0 Å². The minimum atomic E-state index is -0.519. The summed E-state index contributed by atoms with van der Waals surface area (Å²) >= 11 is 0. The average molecular weight is 435 g/mol. The van der Waals surface area contributed by atoms with Crippen molar-refractivity contribution in [1.29, 1.82) is 0 Å². The van der Waals surface area contributed by atoms with E-state index in [1.54, 1.807) is 11.0 Å². The quantitative estimate of drug-likeness (QED) is 0.667. The second-order valence-electron chi connectivity index (χ2n) is 9.82. The first kappa shape index (κ1) is 22.0. The molecule has 0 saturated carbocycles. The van der Waals surface area contributed by atoms with Crippen molar-refractivity contribution in [2.45, 2.75) is 63.8 Å². The van der Waals surface area contributed by atoms with Crippen LogP contribution in [0.15, 0.2) is 12.1 Å². The van der Waals surface area contributed by atoms with Crippen LogP contribution in [-0.4, -0.2) is 72.5 Å². The van der Waals surface area contributed by atoms with Crippen LogP contribution in [0.25, 0.3) is 0 Å². The molecule has 0 bridgehead atoms. The SMILES string of the molecule is COC(=O)c1cc(F)c2c(c1)CCN([C@@H]1CCOC3(C1)CN(C(=O)OC(C)(C)C)C3)C2. The lowest BCUT2D eigenvalue weighted by molar-refractivity contribution is -0.177. The number of rotatable bonds is 2. The van der Waals surface area contributed by atoms with Gasteiger partial charge in [0, 0.05) is 31.3 Å². The maximum Gasteiger partial charge on any atom is 0.410 e. The summed E-state index contributed by atoms with van der Waals surface area (Å²) in [4.78, 5) is 28.1. The van der Waals surface area contributed by atoms with Gasteiger partial charge in [0.25, 0.3) is 0 Å². The predicted octanol–water partition coefficient (Wildman–Crippen LogP) is 3.14. The van der Waals surface area contributed by atoms with Crippen molar-refractivity contribution in [3.05, 3.63) is 34.6 Å². The molecule has 4 rings (SSSR count). The van der Waals surface area contributed by atoms with E-state index < -0.39 is 11.6 Å². The van der Waals surface area contributed by atoms with E-state index >= 15 is 0 Å². The summed E-state index contributed by atoms with van der Waals surface area (Å²) in [6, 6.07) is 3.28. The highest BCUT2D eigenvalue weighted by atomic mass is 19.1. The van der Waals surface area contributed by atoms with Crippen LogP contribution < -0.4 is 0 Å². The standard InChI is InChI=1S/C23H31FN2O5/c1-22(2,3)31-21(28)26-13-23(14-26)11-17(6-8-30-23)25-7-5-15-9-16(20(27)29-4)10-19(24)18(15)12-25/h9-10,17H,5-8,11-14H2,1-4H3/t17-/m1/s1. The number of esters is 1. The molecular formula is C23H31FN2O5. The van der Waals surface area contributed by atoms with Crippen molar-refractivity contribution in [2.75, 3.05) is 33.4 Å². The molecule has 3 heterocycles. The van der Waals surface area contributed by atoms with Crippen LogP contribution in [0, 0.1) is 5.82 Å². The second-order valence-corrected chi connectivity index (χ2v) is 9.82. The summed E-state index contributed by atoms with van der Waals surface area (Å²) in [6.45, 7) is 8.56. The Morgan fingerprint density at radius 1 is 1.26 bits per heavy atom. The second kappa shape index (κ2) is 8.06. The molecule has 0 aliphatic carbocycles. The Labute approximate surface area is 182 Å². The molecule has 0 unspecified atom stereocenters. The van der Waals surface area contributed by atoms with Gasteiger partial charge in [-0.25, -0.2) is 14.0 Å². The molecule has 3 aliphatic heterocycles. The summed E-state index contributed by atoms with van der Waals surface area (Å²) in [7, 11) is 1.30. The molecule has 31 heavy (non-hydrogen) atoms. The van der Waals surface area contributed by atoms with E-state index in [0.29, 0.717) is 38.2 Å². The van der Waals surface area contributed by atoms with E-state index in [9.17, 15) is 14.0 Å².